The van der Waals surface area contributed by atoms with Crippen molar-refractivity contribution in [3.63, 3.8) is 0 Å². The lowest BCUT2D eigenvalue weighted by Crippen LogP contribution is -1.94. The van der Waals surface area contributed by atoms with E-state index in [1.807, 2.05) is 54.6 Å². The molecule has 2 aromatic carbocycles. The van der Waals surface area contributed by atoms with Gasteiger partial charge in [0.25, 0.3) is 0 Å². The molecule has 1 heterocycles. The van der Waals surface area contributed by atoms with Gasteiger partial charge in [-0.25, -0.2) is 4.98 Å². The summed E-state index contributed by atoms with van der Waals surface area (Å²) in [5.41, 5.74) is 2.79. The molecule has 21 heavy (non-hydrogen) atoms. The molecule has 3 aromatic rings. The molecule has 0 saturated heterocycles. The molecular formula is C17H13ClN2O. The van der Waals surface area contributed by atoms with Gasteiger partial charge in [-0.1, -0.05) is 48.5 Å². The van der Waals surface area contributed by atoms with E-state index in [0.29, 0.717) is 17.5 Å². The molecule has 4 heteroatoms. The van der Waals surface area contributed by atoms with Crippen LogP contribution in [0.2, 0.25) is 0 Å². The summed E-state index contributed by atoms with van der Waals surface area (Å²) in [5, 5.41) is 0. The van der Waals surface area contributed by atoms with Crippen molar-refractivity contribution in [2.24, 2.45) is 0 Å². The molecule has 0 radical (unpaired) electrons. The van der Waals surface area contributed by atoms with Crippen molar-refractivity contribution in [3.05, 3.63) is 72.7 Å². The Labute approximate surface area is 128 Å². The number of halogens is 1. The Morgan fingerprint density at radius 3 is 2.48 bits per heavy atom. The van der Waals surface area contributed by atoms with E-state index in [9.17, 15) is 0 Å². The van der Waals surface area contributed by atoms with Gasteiger partial charge in [-0.2, -0.15) is 0 Å². The largest absolute Gasteiger partial charge is 0.437 e. The molecule has 0 aliphatic heterocycles. The first-order chi connectivity index (χ1) is 10.4. The van der Waals surface area contributed by atoms with Gasteiger partial charge in [0.15, 0.2) is 0 Å². The fourth-order valence-corrected chi connectivity index (χ4v) is 2.15. The van der Waals surface area contributed by atoms with E-state index in [-0.39, 0.29) is 0 Å². The SMILES string of the molecule is ClCc1cncc(Oc2ccccc2-c2ccccc2)n1. The number of ether oxygens (including phenoxy) is 1. The zero-order valence-electron chi connectivity index (χ0n) is 11.2. The van der Waals surface area contributed by atoms with Gasteiger partial charge in [0.1, 0.15) is 5.75 Å². The second-order valence-electron chi connectivity index (χ2n) is 4.45. The van der Waals surface area contributed by atoms with Crippen LogP contribution in [0.15, 0.2) is 67.0 Å². The molecule has 0 atom stereocenters. The third-order valence-electron chi connectivity index (χ3n) is 2.99. The van der Waals surface area contributed by atoms with Crippen LogP contribution in [-0.4, -0.2) is 9.97 Å². The number of alkyl halides is 1. The minimum Gasteiger partial charge on any atom is -0.437 e. The average molecular weight is 297 g/mol. The molecule has 0 saturated carbocycles. The molecule has 0 fully saturated rings. The van der Waals surface area contributed by atoms with E-state index in [0.717, 1.165) is 16.9 Å². The molecule has 3 nitrogen and oxygen atoms in total. The maximum atomic E-state index is 5.87. The van der Waals surface area contributed by atoms with E-state index in [4.69, 9.17) is 16.3 Å². The summed E-state index contributed by atoms with van der Waals surface area (Å²) in [5.74, 6) is 1.49. The molecule has 0 bridgehead atoms. The van der Waals surface area contributed by atoms with Gasteiger partial charge in [0, 0.05) is 11.8 Å². The fraction of sp³-hybridized carbons (Fsp3) is 0.0588. The van der Waals surface area contributed by atoms with E-state index >= 15 is 0 Å². The average Bonchev–Trinajstić information content (AvgIpc) is 2.56. The van der Waals surface area contributed by atoms with E-state index in [2.05, 4.69) is 9.97 Å². The van der Waals surface area contributed by atoms with Crippen molar-refractivity contribution in [1.29, 1.82) is 0 Å². The topological polar surface area (TPSA) is 35.0 Å². The molecular weight excluding hydrogens is 284 g/mol. The Bertz CT molecular complexity index is 732. The van der Waals surface area contributed by atoms with Crippen molar-refractivity contribution >= 4 is 11.6 Å². The van der Waals surface area contributed by atoms with Gasteiger partial charge in [0.2, 0.25) is 5.88 Å². The number of aromatic nitrogens is 2. The summed E-state index contributed by atoms with van der Waals surface area (Å²) in [6, 6.07) is 17.9. The first-order valence-electron chi connectivity index (χ1n) is 6.56. The number of para-hydroxylation sites is 1. The fourth-order valence-electron chi connectivity index (χ4n) is 2.02. The maximum absolute atomic E-state index is 5.87. The Kier molecular flexibility index (Phi) is 4.12. The van der Waals surface area contributed by atoms with Crippen molar-refractivity contribution in [3.8, 4) is 22.8 Å². The molecule has 0 spiro atoms. The predicted octanol–water partition coefficient (Wildman–Crippen LogP) is 4.67. The van der Waals surface area contributed by atoms with E-state index < -0.39 is 0 Å². The van der Waals surface area contributed by atoms with Crippen LogP contribution in [-0.2, 0) is 5.88 Å². The highest BCUT2D eigenvalue weighted by Gasteiger charge is 2.07. The van der Waals surface area contributed by atoms with Gasteiger partial charge in [-0.3, -0.25) is 4.98 Å². The maximum Gasteiger partial charge on any atom is 0.238 e. The van der Waals surface area contributed by atoms with Gasteiger partial charge < -0.3 is 4.74 Å². The van der Waals surface area contributed by atoms with Crippen LogP contribution >= 0.6 is 11.6 Å². The lowest BCUT2D eigenvalue weighted by Gasteiger charge is -2.10. The molecule has 3 rings (SSSR count). The Morgan fingerprint density at radius 1 is 0.905 bits per heavy atom. The Morgan fingerprint density at radius 2 is 1.67 bits per heavy atom. The van der Waals surface area contributed by atoms with Crippen molar-refractivity contribution < 1.29 is 4.74 Å². The van der Waals surface area contributed by atoms with Gasteiger partial charge in [-0.15, -0.1) is 11.6 Å². The highest BCUT2D eigenvalue weighted by molar-refractivity contribution is 6.16. The summed E-state index contributed by atoms with van der Waals surface area (Å²) >= 11 is 5.77. The van der Waals surface area contributed by atoms with Gasteiger partial charge in [-0.05, 0) is 11.6 Å². The standard InChI is InChI=1S/C17H13ClN2O/c18-10-14-11-19-12-17(20-14)21-16-9-5-4-8-15(16)13-6-2-1-3-7-13/h1-9,11-12H,10H2. The zero-order valence-corrected chi connectivity index (χ0v) is 12.0. The van der Waals surface area contributed by atoms with Crippen molar-refractivity contribution in [1.82, 2.24) is 9.97 Å². The summed E-state index contributed by atoms with van der Waals surface area (Å²) < 4.78 is 5.87. The zero-order chi connectivity index (χ0) is 14.5. The predicted molar refractivity (Wildman–Crippen MR) is 83.5 cm³/mol. The van der Waals surface area contributed by atoms with Crippen LogP contribution in [0.4, 0.5) is 0 Å². The highest BCUT2D eigenvalue weighted by atomic mass is 35.5. The molecule has 104 valence electrons. The van der Waals surface area contributed by atoms with Crippen molar-refractivity contribution in [2.75, 3.05) is 0 Å². The van der Waals surface area contributed by atoms with Crippen LogP contribution in [0.1, 0.15) is 5.69 Å². The van der Waals surface area contributed by atoms with E-state index in [1.54, 1.807) is 12.4 Å². The number of hydrogen-bond acceptors (Lipinski definition) is 3. The summed E-state index contributed by atoms with van der Waals surface area (Å²) in [4.78, 5) is 8.39. The van der Waals surface area contributed by atoms with Crippen LogP contribution in [0, 0.1) is 0 Å². The van der Waals surface area contributed by atoms with E-state index in [1.165, 1.54) is 0 Å². The lowest BCUT2D eigenvalue weighted by atomic mass is 10.1. The quantitative estimate of drug-likeness (QED) is 0.656. The summed E-state index contributed by atoms with van der Waals surface area (Å²) in [6.45, 7) is 0. The number of hydrogen-bond donors (Lipinski definition) is 0. The Balaban J connectivity index is 1.96. The van der Waals surface area contributed by atoms with Gasteiger partial charge >= 0.3 is 0 Å². The molecule has 0 aliphatic rings. The number of rotatable bonds is 4. The monoisotopic (exact) mass is 296 g/mol. The summed E-state index contributed by atoms with van der Waals surface area (Å²) in [6.07, 6.45) is 3.21. The second kappa shape index (κ2) is 6.37. The first-order valence-corrected chi connectivity index (χ1v) is 7.09. The molecule has 0 unspecified atom stereocenters. The number of nitrogens with zero attached hydrogens (tertiary/aromatic N) is 2. The molecule has 1 aromatic heterocycles. The summed E-state index contributed by atoms with van der Waals surface area (Å²) in [7, 11) is 0. The highest BCUT2D eigenvalue weighted by Crippen LogP contribution is 2.32. The van der Waals surface area contributed by atoms with Crippen LogP contribution < -0.4 is 4.74 Å². The Hall–Kier alpha value is -2.39. The lowest BCUT2D eigenvalue weighted by molar-refractivity contribution is 0.460. The number of benzene rings is 2. The van der Waals surface area contributed by atoms with Crippen molar-refractivity contribution in [2.45, 2.75) is 5.88 Å². The van der Waals surface area contributed by atoms with Gasteiger partial charge in [0.05, 0.1) is 17.8 Å². The molecule has 0 N–H and O–H groups in total. The first kappa shape index (κ1) is 13.6. The smallest absolute Gasteiger partial charge is 0.238 e. The second-order valence-corrected chi connectivity index (χ2v) is 4.71. The van der Waals surface area contributed by atoms with Crippen LogP contribution in [0.5, 0.6) is 11.6 Å². The third kappa shape index (κ3) is 3.20. The van der Waals surface area contributed by atoms with Crippen LogP contribution in [0.25, 0.3) is 11.1 Å². The van der Waals surface area contributed by atoms with Crippen LogP contribution in [0.3, 0.4) is 0 Å². The normalized spacial score (nSPS) is 10.3. The minimum atomic E-state index is 0.310. The minimum absolute atomic E-state index is 0.310. The molecule has 0 amide bonds. The third-order valence-corrected chi connectivity index (χ3v) is 3.26. The molecule has 0 aliphatic carbocycles.